The van der Waals surface area contributed by atoms with Gasteiger partial charge in [0, 0.05) is 6.42 Å². The van der Waals surface area contributed by atoms with Gasteiger partial charge in [0.15, 0.2) is 0 Å². The van der Waals surface area contributed by atoms with Crippen LogP contribution in [0.15, 0.2) is 48.5 Å². The van der Waals surface area contributed by atoms with E-state index in [1.54, 1.807) is 0 Å². The largest absolute Gasteiger partial charge is 0.493 e. The van der Waals surface area contributed by atoms with E-state index in [0.717, 1.165) is 35.3 Å². The number of hydrogen-bond donors (Lipinski definition) is 1. The normalized spacial score (nSPS) is 10.5. The fourth-order valence-electron chi connectivity index (χ4n) is 2.01. The van der Waals surface area contributed by atoms with Crippen LogP contribution in [0.5, 0.6) is 5.75 Å². The molecule has 0 fully saturated rings. The van der Waals surface area contributed by atoms with E-state index < -0.39 is 17.5 Å². The number of para-hydroxylation sites is 1. The number of aromatic nitrogens is 2. The van der Waals surface area contributed by atoms with Crippen molar-refractivity contribution < 1.29 is 18.3 Å². The fraction of sp³-hybridized carbons (Fsp3) is 0.118. The molecule has 5 nitrogen and oxygen atoms in total. The molecule has 2 aromatic carbocycles. The standard InChI is InChI=1S/C17H13F2N3O2S/c18-11-6-7-14(19)13(10-11)16(23)20-17-22-21-15(25-17)8-9-24-12-4-2-1-3-5-12/h1-7,10H,8-9H2,(H,20,22,23). The highest BCUT2D eigenvalue weighted by atomic mass is 32.1. The van der Waals surface area contributed by atoms with Gasteiger partial charge in [0.05, 0.1) is 12.2 Å². The second-order valence-electron chi connectivity index (χ2n) is 4.99. The van der Waals surface area contributed by atoms with E-state index in [1.807, 2.05) is 30.3 Å². The molecular formula is C17H13F2N3O2S. The van der Waals surface area contributed by atoms with Gasteiger partial charge in [-0.15, -0.1) is 10.2 Å². The van der Waals surface area contributed by atoms with Gasteiger partial charge in [-0.3, -0.25) is 10.1 Å². The van der Waals surface area contributed by atoms with E-state index in [4.69, 9.17) is 4.74 Å². The van der Waals surface area contributed by atoms with Crippen LogP contribution in [0.2, 0.25) is 0 Å². The number of benzene rings is 2. The second-order valence-corrected chi connectivity index (χ2v) is 6.05. The third kappa shape index (κ3) is 4.57. The molecule has 0 atom stereocenters. The summed E-state index contributed by atoms with van der Waals surface area (Å²) in [6.45, 7) is 0.408. The molecule has 1 N–H and O–H groups in total. The highest BCUT2D eigenvalue weighted by molar-refractivity contribution is 7.15. The first kappa shape index (κ1) is 17.0. The highest BCUT2D eigenvalue weighted by Gasteiger charge is 2.15. The van der Waals surface area contributed by atoms with Gasteiger partial charge >= 0.3 is 0 Å². The molecule has 128 valence electrons. The first-order valence-electron chi connectivity index (χ1n) is 7.38. The molecule has 3 aromatic rings. The zero-order valence-electron chi connectivity index (χ0n) is 12.9. The van der Waals surface area contributed by atoms with Crippen LogP contribution in [0.3, 0.4) is 0 Å². The SMILES string of the molecule is O=C(Nc1nnc(CCOc2ccccc2)s1)c1cc(F)ccc1F. The Morgan fingerprint density at radius 3 is 2.72 bits per heavy atom. The molecule has 0 saturated heterocycles. The van der Waals surface area contributed by atoms with Crippen molar-refractivity contribution >= 4 is 22.4 Å². The Hall–Kier alpha value is -2.87. The third-order valence-corrected chi connectivity index (χ3v) is 4.09. The second kappa shape index (κ2) is 7.80. The quantitative estimate of drug-likeness (QED) is 0.727. The van der Waals surface area contributed by atoms with Crippen LogP contribution in [0.4, 0.5) is 13.9 Å². The van der Waals surface area contributed by atoms with Gasteiger partial charge in [0.25, 0.3) is 5.91 Å². The van der Waals surface area contributed by atoms with Gasteiger partial charge in [-0.25, -0.2) is 8.78 Å². The van der Waals surface area contributed by atoms with Gasteiger partial charge in [-0.05, 0) is 30.3 Å². The van der Waals surface area contributed by atoms with Crippen LogP contribution in [0.1, 0.15) is 15.4 Å². The lowest BCUT2D eigenvalue weighted by atomic mass is 10.2. The summed E-state index contributed by atoms with van der Waals surface area (Å²) in [7, 11) is 0. The van der Waals surface area contributed by atoms with Crippen molar-refractivity contribution in [3.63, 3.8) is 0 Å². The van der Waals surface area contributed by atoms with Gasteiger partial charge in [-0.1, -0.05) is 29.5 Å². The molecule has 0 bridgehead atoms. The van der Waals surface area contributed by atoms with Gasteiger partial charge in [0.2, 0.25) is 5.13 Å². The Morgan fingerprint density at radius 1 is 1.12 bits per heavy atom. The van der Waals surface area contributed by atoms with Crippen LogP contribution < -0.4 is 10.1 Å². The average molecular weight is 361 g/mol. The maximum atomic E-state index is 13.6. The number of amides is 1. The Bertz CT molecular complexity index is 871. The molecule has 3 rings (SSSR count). The summed E-state index contributed by atoms with van der Waals surface area (Å²) in [6, 6.07) is 12.0. The summed E-state index contributed by atoms with van der Waals surface area (Å²) in [4.78, 5) is 12.0. The molecule has 8 heteroatoms. The van der Waals surface area contributed by atoms with E-state index >= 15 is 0 Å². The average Bonchev–Trinajstić information content (AvgIpc) is 3.05. The van der Waals surface area contributed by atoms with Crippen molar-refractivity contribution in [1.82, 2.24) is 10.2 Å². The lowest BCUT2D eigenvalue weighted by molar-refractivity contribution is 0.102. The van der Waals surface area contributed by atoms with Gasteiger partial charge < -0.3 is 4.74 Å². The van der Waals surface area contributed by atoms with Crippen LogP contribution in [-0.4, -0.2) is 22.7 Å². The number of carbonyl (C=O) groups is 1. The van der Waals surface area contributed by atoms with Crippen molar-refractivity contribution in [2.75, 3.05) is 11.9 Å². The first-order chi connectivity index (χ1) is 12.1. The summed E-state index contributed by atoms with van der Waals surface area (Å²) in [5, 5.41) is 11.0. The molecular weight excluding hydrogens is 348 g/mol. The molecule has 1 aromatic heterocycles. The molecule has 1 heterocycles. The van der Waals surface area contributed by atoms with Crippen molar-refractivity contribution in [1.29, 1.82) is 0 Å². The van der Waals surface area contributed by atoms with E-state index in [9.17, 15) is 13.6 Å². The summed E-state index contributed by atoms with van der Waals surface area (Å²) < 4.78 is 32.3. The minimum absolute atomic E-state index is 0.211. The van der Waals surface area contributed by atoms with Crippen molar-refractivity contribution in [2.24, 2.45) is 0 Å². The van der Waals surface area contributed by atoms with Crippen molar-refractivity contribution in [3.05, 3.63) is 70.7 Å². The van der Waals surface area contributed by atoms with Crippen molar-refractivity contribution in [3.8, 4) is 5.75 Å². The van der Waals surface area contributed by atoms with E-state index in [-0.39, 0.29) is 10.7 Å². The number of halogens is 2. The molecule has 0 radical (unpaired) electrons. The summed E-state index contributed by atoms with van der Waals surface area (Å²) in [5.74, 6) is -1.52. The van der Waals surface area contributed by atoms with E-state index in [0.29, 0.717) is 18.0 Å². The predicted molar refractivity (Wildman–Crippen MR) is 89.9 cm³/mol. The van der Waals surface area contributed by atoms with Crippen LogP contribution in [0.25, 0.3) is 0 Å². The van der Waals surface area contributed by atoms with Crippen LogP contribution >= 0.6 is 11.3 Å². The molecule has 0 unspecified atom stereocenters. The number of nitrogens with one attached hydrogen (secondary N) is 1. The third-order valence-electron chi connectivity index (χ3n) is 3.19. The number of hydrogen-bond acceptors (Lipinski definition) is 5. The van der Waals surface area contributed by atoms with Gasteiger partial charge in [-0.2, -0.15) is 0 Å². The lowest BCUT2D eigenvalue weighted by Gasteiger charge is -2.03. The Morgan fingerprint density at radius 2 is 1.92 bits per heavy atom. The predicted octanol–water partition coefficient (Wildman–Crippen LogP) is 3.69. The minimum Gasteiger partial charge on any atom is -0.493 e. The Kier molecular flexibility index (Phi) is 5.30. The number of anilines is 1. The number of ether oxygens (including phenoxy) is 1. The zero-order chi connectivity index (χ0) is 17.6. The summed E-state index contributed by atoms with van der Waals surface area (Å²) >= 11 is 1.15. The summed E-state index contributed by atoms with van der Waals surface area (Å²) in [5.41, 5.74) is -0.385. The molecule has 0 aliphatic rings. The number of nitrogens with zero attached hydrogens (tertiary/aromatic N) is 2. The van der Waals surface area contributed by atoms with Crippen LogP contribution in [0, 0.1) is 11.6 Å². The fourth-order valence-corrected chi connectivity index (χ4v) is 2.73. The van der Waals surface area contributed by atoms with Crippen molar-refractivity contribution in [2.45, 2.75) is 6.42 Å². The topological polar surface area (TPSA) is 64.1 Å². The minimum atomic E-state index is -0.806. The molecule has 0 saturated carbocycles. The summed E-state index contributed by atoms with van der Waals surface area (Å²) in [6.07, 6.45) is 0.511. The first-order valence-corrected chi connectivity index (χ1v) is 8.20. The monoisotopic (exact) mass is 361 g/mol. The molecule has 25 heavy (non-hydrogen) atoms. The van der Waals surface area contributed by atoms with Crippen LogP contribution in [-0.2, 0) is 6.42 Å². The number of carbonyl (C=O) groups excluding carboxylic acids is 1. The molecule has 1 amide bonds. The van der Waals surface area contributed by atoms with E-state index in [2.05, 4.69) is 15.5 Å². The Labute approximate surface area is 146 Å². The molecule has 0 aliphatic carbocycles. The number of rotatable bonds is 6. The van der Waals surface area contributed by atoms with Gasteiger partial charge in [0.1, 0.15) is 22.4 Å². The molecule has 0 spiro atoms. The highest BCUT2D eigenvalue weighted by Crippen LogP contribution is 2.18. The lowest BCUT2D eigenvalue weighted by Crippen LogP contribution is -2.14. The maximum Gasteiger partial charge on any atom is 0.260 e. The maximum absolute atomic E-state index is 13.6. The Balaban J connectivity index is 1.56. The smallest absolute Gasteiger partial charge is 0.260 e. The zero-order valence-corrected chi connectivity index (χ0v) is 13.7. The van der Waals surface area contributed by atoms with E-state index in [1.165, 1.54) is 0 Å². The molecule has 0 aliphatic heterocycles.